The number of para-hydroxylation sites is 1. The summed E-state index contributed by atoms with van der Waals surface area (Å²) in [5, 5.41) is 1.01. The summed E-state index contributed by atoms with van der Waals surface area (Å²) in [6.07, 6.45) is 3.68. The number of benzene rings is 1. The topological polar surface area (TPSA) is 72.1 Å². The van der Waals surface area contributed by atoms with E-state index in [0.29, 0.717) is 22.8 Å². The van der Waals surface area contributed by atoms with Crippen molar-refractivity contribution in [2.75, 3.05) is 38.1 Å². The number of hydrogen-bond donors (Lipinski definition) is 0. The number of rotatable bonds is 2. The molecule has 0 aliphatic carbocycles. The van der Waals surface area contributed by atoms with Crippen molar-refractivity contribution in [3.63, 3.8) is 0 Å². The van der Waals surface area contributed by atoms with E-state index in [4.69, 9.17) is 0 Å². The molecule has 3 aromatic heterocycles. The van der Waals surface area contributed by atoms with Crippen LogP contribution in [0.4, 0.5) is 5.95 Å². The zero-order chi connectivity index (χ0) is 20.1. The first-order valence-electron chi connectivity index (χ1n) is 9.74. The number of nitrogens with zero attached hydrogens (tertiary/aromatic N) is 7. The van der Waals surface area contributed by atoms with Crippen LogP contribution < -0.4 is 10.5 Å². The Kier molecular flexibility index (Phi) is 4.09. The molecule has 4 heterocycles. The van der Waals surface area contributed by atoms with Crippen LogP contribution in [0, 0.1) is 0 Å². The molecular formula is C21H23N7O. The van der Waals surface area contributed by atoms with Gasteiger partial charge >= 0.3 is 0 Å². The lowest BCUT2D eigenvalue weighted by Crippen LogP contribution is -2.45. The Morgan fingerprint density at radius 1 is 0.966 bits per heavy atom. The van der Waals surface area contributed by atoms with E-state index in [1.807, 2.05) is 42.1 Å². The molecule has 0 amide bonds. The zero-order valence-electron chi connectivity index (χ0n) is 16.8. The van der Waals surface area contributed by atoms with Gasteiger partial charge in [0.2, 0.25) is 5.95 Å². The van der Waals surface area contributed by atoms with Crippen molar-refractivity contribution in [3.05, 3.63) is 47.0 Å². The molecular weight excluding hydrogens is 366 g/mol. The minimum absolute atomic E-state index is 0.156. The van der Waals surface area contributed by atoms with Crippen LogP contribution in [0.25, 0.3) is 33.3 Å². The standard InChI is InChI=1S/C21H23N7O/c1-25-8-10-28(11-9-25)21-22-12-16-19(24-21)27(3)20(29)18(23-16)15-13-26(2)17-7-5-4-6-14(15)17/h4-7,12-13H,8-11H2,1-3H3. The summed E-state index contributed by atoms with van der Waals surface area (Å²) in [5.74, 6) is 0.653. The molecule has 1 aliphatic rings. The highest BCUT2D eigenvalue weighted by Gasteiger charge is 2.20. The second-order valence-electron chi connectivity index (χ2n) is 7.66. The maximum absolute atomic E-state index is 13.2. The third kappa shape index (κ3) is 2.87. The molecule has 0 bridgehead atoms. The van der Waals surface area contributed by atoms with Crippen LogP contribution in [0.3, 0.4) is 0 Å². The number of piperazine rings is 1. The first-order chi connectivity index (χ1) is 14.0. The monoisotopic (exact) mass is 389 g/mol. The van der Waals surface area contributed by atoms with Crippen molar-refractivity contribution in [1.29, 1.82) is 0 Å². The molecule has 0 saturated carbocycles. The lowest BCUT2D eigenvalue weighted by molar-refractivity contribution is 0.311. The molecule has 148 valence electrons. The number of anilines is 1. The molecule has 29 heavy (non-hydrogen) atoms. The van der Waals surface area contributed by atoms with E-state index in [9.17, 15) is 4.79 Å². The summed E-state index contributed by atoms with van der Waals surface area (Å²) in [6.45, 7) is 3.69. The molecule has 1 saturated heterocycles. The van der Waals surface area contributed by atoms with Crippen molar-refractivity contribution >= 4 is 28.0 Å². The molecule has 0 spiro atoms. The van der Waals surface area contributed by atoms with Gasteiger partial charge in [0.15, 0.2) is 5.65 Å². The number of fused-ring (bicyclic) bond motifs is 2. The summed E-state index contributed by atoms with van der Waals surface area (Å²) >= 11 is 0. The van der Waals surface area contributed by atoms with Gasteiger partial charge in [-0.15, -0.1) is 0 Å². The molecule has 8 heteroatoms. The Labute approximate surface area is 168 Å². The van der Waals surface area contributed by atoms with Crippen molar-refractivity contribution < 1.29 is 0 Å². The van der Waals surface area contributed by atoms with Crippen LogP contribution >= 0.6 is 0 Å². The van der Waals surface area contributed by atoms with Crippen molar-refractivity contribution in [1.82, 2.24) is 29.0 Å². The van der Waals surface area contributed by atoms with Crippen LogP contribution in [0.1, 0.15) is 0 Å². The number of hydrogen-bond acceptors (Lipinski definition) is 6. The normalized spacial score (nSPS) is 15.5. The Morgan fingerprint density at radius 2 is 1.72 bits per heavy atom. The van der Waals surface area contributed by atoms with Gasteiger partial charge in [0, 0.05) is 62.9 Å². The summed E-state index contributed by atoms with van der Waals surface area (Å²) in [6, 6.07) is 8.02. The summed E-state index contributed by atoms with van der Waals surface area (Å²) in [4.78, 5) is 31.5. The molecule has 1 aromatic carbocycles. The van der Waals surface area contributed by atoms with E-state index < -0.39 is 0 Å². The molecule has 5 rings (SSSR count). The quantitative estimate of drug-likeness (QED) is 0.519. The molecule has 1 fully saturated rings. The highest BCUT2D eigenvalue weighted by molar-refractivity contribution is 5.95. The highest BCUT2D eigenvalue weighted by atomic mass is 16.1. The van der Waals surface area contributed by atoms with E-state index in [1.54, 1.807) is 17.8 Å². The van der Waals surface area contributed by atoms with Gasteiger partial charge in [0.1, 0.15) is 11.2 Å². The Morgan fingerprint density at radius 3 is 2.52 bits per heavy atom. The smallest absolute Gasteiger partial charge is 0.278 e. The molecule has 0 unspecified atom stereocenters. The fourth-order valence-corrected chi connectivity index (χ4v) is 3.97. The molecule has 0 atom stereocenters. The van der Waals surface area contributed by atoms with Gasteiger partial charge in [0.05, 0.1) is 6.20 Å². The number of aromatic nitrogens is 5. The highest BCUT2D eigenvalue weighted by Crippen LogP contribution is 2.28. The summed E-state index contributed by atoms with van der Waals surface area (Å²) in [5.41, 5.74) is 3.34. The average Bonchev–Trinajstić information content (AvgIpc) is 3.08. The first kappa shape index (κ1) is 17.8. The molecule has 8 nitrogen and oxygen atoms in total. The minimum Gasteiger partial charge on any atom is -0.350 e. The van der Waals surface area contributed by atoms with E-state index >= 15 is 0 Å². The predicted octanol–water partition coefficient (Wildman–Crippen LogP) is 1.63. The Balaban J connectivity index is 1.65. The van der Waals surface area contributed by atoms with Gasteiger partial charge in [-0.1, -0.05) is 18.2 Å². The lowest BCUT2D eigenvalue weighted by Gasteiger charge is -2.32. The fraction of sp³-hybridized carbons (Fsp3) is 0.333. The van der Waals surface area contributed by atoms with Crippen LogP contribution in [-0.2, 0) is 14.1 Å². The third-order valence-electron chi connectivity index (χ3n) is 5.73. The third-order valence-corrected chi connectivity index (χ3v) is 5.73. The van der Waals surface area contributed by atoms with Crippen molar-refractivity contribution in [2.45, 2.75) is 0 Å². The largest absolute Gasteiger partial charge is 0.350 e. The van der Waals surface area contributed by atoms with Gasteiger partial charge in [-0.3, -0.25) is 9.36 Å². The SMILES string of the molecule is CN1CCN(c2ncc3nc(-c4cn(C)c5ccccc45)c(=O)n(C)c3n2)CC1. The van der Waals surface area contributed by atoms with E-state index in [1.165, 1.54) is 0 Å². The maximum Gasteiger partial charge on any atom is 0.278 e. The van der Waals surface area contributed by atoms with Gasteiger partial charge in [0.25, 0.3) is 5.56 Å². The number of aryl methyl sites for hydroxylation is 2. The van der Waals surface area contributed by atoms with E-state index in [0.717, 1.165) is 42.6 Å². The van der Waals surface area contributed by atoms with Crippen LogP contribution in [0.5, 0.6) is 0 Å². The minimum atomic E-state index is -0.156. The zero-order valence-corrected chi connectivity index (χ0v) is 16.8. The van der Waals surface area contributed by atoms with Crippen LogP contribution in [0.15, 0.2) is 41.5 Å². The fourth-order valence-electron chi connectivity index (χ4n) is 3.97. The average molecular weight is 389 g/mol. The second-order valence-corrected chi connectivity index (χ2v) is 7.66. The molecule has 1 aliphatic heterocycles. The van der Waals surface area contributed by atoms with Gasteiger partial charge in [-0.05, 0) is 13.1 Å². The number of likely N-dealkylation sites (N-methyl/N-ethyl adjacent to an activating group) is 1. The molecule has 0 N–H and O–H groups in total. The Bertz CT molecular complexity index is 1280. The van der Waals surface area contributed by atoms with Gasteiger partial charge in [-0.25, -0.2) is 9.97 Å². The van der Waals surface area contributed by atoms with Crippen molar-refractivity contribution in [2.24, 2.45) is 14.1 Å². The van der Waals surface area contributed by atoms with Gasteiger partial charge < -0.3 is 14.4 Å². The first-order valence-corrected chi connectivity index (χ1v) is 9.74. The van der Waals surface area contributed by atoms with E-state index in [-0.39, 0.29) is 5.56 Å². The Hall–Kier alpha value is -3.26. The van der Waals surface area contributed by atoms with Gasteiger partial charge in [-0.2, -0.15) is 4.98 Å². The second kappa shape index (κ2) is 6.66. The van der Waals surface area contributed by atoms with E-state index in [2.05, 4.69) is 31.8 Å². The van der Waals surface area contributed by atoms with Crippen LogP contribution in [0.2, 0.25) is 0 Å². The molecule has 4 aromatic rings. The predicted molar refractivity (Wildman–Crippen MR) is 114 cm³/mol. The summed E-state index contributed by atoms with van der Waals surface area (Å²) in [7, 11) is 5.84. The molecule has 0 radical (unpaired) electrons. The van der Waals surface area contributed by atoms with Crippen molar-refractivity contribution in [3.8, 4) is 11.3 Å². The summed E-state index contributed by atoms with van der Waals surface area (Å²) < 4.78 is 3.60. The maximum atomic E-state index is 13.2. The lowest BCUT2D eigenvalue weighted by atomic mass is 10.1. The van der Waals surface area contributed by atoms with Crippen LogP contribution in [-0.4, -0.2) is 62.2 Å².